The van der Waals surface area contributed by atoms with Crippen LogP contribution in [-0.4, -0.2) is 9.97 Å². The molecule has 0 aliphatic heterocycles. The summed E-state index contributed by atoms with van der Waals surface area (Å²) >= 11 is 5.92. The molecule has 0 bridgehead atoms. The standard InChI is InChI=1S/C14H9ClF2N2/c15-8-3-4-9(13(16)17)11(6-8)12-7-19-14-10(12)2-1-5-18-14/h1-7,13H,(H,18,19). The molecule has 0 saturated heterocycles. The molecule has 0 unspecified atom stereocenters. The Morgan fingerprint density at radius 1 is 1.16 bits per heavy atom. The minimum Gasteiger partial charge on any atom is -0.346 e. The Kier molecular flexibility index (Phi) is 2.95. The van der Waals surface area contributed by atoms with Gasteiger partial charge in [0.2, 0.25) is 0 Å². The van der Waals surface area contributed by atoms with Gasteiger partial charge in [0.15, 0.2) is 0 Å². The normalized spacial score (nSPS) is 11.4. The van der Waals surface area contributed by atoms with E-state index in [-0.39, 0.29) is 5.56 Å². The van der Waals surface area contributed by atoms with Crippen LogP contribution in [-0.2, 0) is 0 Å². The van der Waals surface area contributed by atoms with Gasteiger partial charge in [-0.15, -0.1) is 0 Å². The number of halogens is 3. The largest absolute Gasteiger partial charge is 0.346 e. The second-order valence-electron chi connectivity index (χ2n) is 4.13. The molecule has 0 amide bonds. The predicted octanol–water partition coefficient (Wildman–Crippen LogP) is 4.82. The van der Waals surface area contributed by atoms with Crippen LogP contribution in [0.2, 0.25) is 5.02 Å². The molecule has 0 radical (unpaired) electrons. The topological polar surface area (TPSA) is 28.7 Å². The lowest BCUT2D eigenvalue weighted by Gasteiger charge is -2.08. The molecule has 0 aliphatic rings. The number of nitrogens with one attached hydrogen (secondary N) is 1. The van der Waals surface area contributed by atoms with E-state index in [1.165, 1.54) is 12.1 Å². The van der Waals surface area contributed by atoms with Gasteiger partial charge in [-0.05, 0) is 29.8 Å². The van der Waals surface area contributed by atoms with E-state index in [9.17, 15) is 8.78 Å². The molecule has 0 aliphatic carbocycles. The maximum Gasteiger partial charge on any atom is 0.264 e. The fourth-order valence-corrected chi connectivity index (χ4v) is 2.30. The van der Waals surface area contributed by atoms with Crippen molar-refractivity contribution in [1.82, 2.24) is 9.97 Å². The maximum absolute atomic E-state index is 13.1. The van der Waals surface area contributed by atoms with Crippen LogP contribution in [0.1, 0.15) is 12.0 Å². The van der Waals surface area contributed by atoms with Gasteiger partial charge in [0.1, 0.15) is 5.65 Å². The number of fused-ring (bicyclic) bond motifs is 1. The third-order valence-corrected chi connectivity index (χ3v) is 3.23. The molecule has 0 atom stereocenters. The Morgan fingerprint density at radius 3 is 2.79 bits per heavy atom. The first kappa shape index (κ1) is 12.1. The molecule has 0 spiro atoms. The zero-order chi connectivity index (χ0) is 13.4. The number of alkyl halides is 2. The molecule has 0 saturated carbocycles. The van der Waals surface area contributed by atoms with E-state index in [4.69, 9.17) is 11.6 Å². The van der Waals surface area contributed by atoms with Crippen LogP contribution < -0.4 is 0 Å². The number of H-pyrrole nitrogens is 1. The van der Waals surface area contributed by atoms with Crippen molar-refractivity contribution in [3.8, 4) is 11.1 Å². The lowest BCUT2D eigenvalue weighted by molar-refractivity contribution is 0.152. The Morgan fingerprint density at radius 2 is 2.00 bits per heavy atom. The van der Waals surface area contributed by atoms with Crippen LogP contribution in [0.5, 0.6) is 0 Å². The summed E-state index contributed by atoms with van der Waals surface area (Å²) in [6.45, 7) is 0. The quantitative estimate of drug-likeness (QED) is 0.715. The number of nitrogens with zero attached hydrogens (tertiary/aromatic N) is 1. The van der Waals surface area contributed by atoms with Crippen LogP contribution in [0.15, 0.2) is 42.7 Å². The van der Waals surface area contributed by atoms with Gasteiger partial charge in [-0.1, -0.05) is 17.7 Å². The smallest absolute Gasteiger partial charge is 0.264 e. The van der Waals surface area contributed by atoms with Crippen molar-refractivity contribution < 1.29 is 8.78 Å². The molecular formula is C14H9ClF2N2. The summed E-state index contributed by atoms with van der Waals surface area (Å²) in [5.74, 6) is 0. The fourth-order valence-electron chi connectivity index (χ4n) is 2.13. The van der Waals surface area contributed by atoms with Crippen molar-refractivity contribution in [1.29, 1.82) is 0 Å². The first-order valence-electron chi connectivity index (χ1n) is 5.67. The number of hydrogen-bond donors (Lipinski definition) is 1. The van der Waals surface area contributed by atoms with Crippen LogP contribution in [0.4, 0.5) is 8.78 Å². The zero-order valence-electron chi connectivity index (χ0n) is 9.70. The van der Waals surface area contributed by atoms with Crippen molar-refractivity contribution >= 4 is 22.6 Å². The number of benzene rings is 1. The summed E-state index contributed by atoms with van der Waals surface area (Å²) in [6, 6.07) is 7.99. The van der Waals surface area contributed by atoms with Gasteiger partial charge in [-0.2, -0.15) is 0 Å². The number of pyridine rings is 1. The van der Waals surface area contributed by atoms with Crippen molar-refractivity contribution in [3.05, 3.63) is 53.3 Å². The zero-order valence-corrected chi connectivity index (χ0v) is 10.5. The van der Waals surface area contributed by atoms with Gasteiger partial charge in [0.25, 0.3) is 6.43 Å². The summed E-state index contributed by atoms with van der Waals surface area (Å²) in [5, 5.41) is 1.23. The first-order valence-corrected chi connectivity index (χ1v) is 6.04. The average Bonchev–Trinajstić information content (AvgIpc) is 2.82. The predicted molar refractivity (Wildman–Crippen MR) is 71.5 cm³/mol. The van der Waals surface area contributed by atoms with Gasteiger partial charge < -0.3 is 4.98 Å². The summed E-state index contributed by atoms with van der Waals surface area (Å²) < 4.78 is 26.2. The van der Waals surface area contributed by atoms with E-state index in [1.54, 1.807) is 24.5 Å². The van der Waals surface area contributed by atoms with Gasteiger partial charge in [0, 0.05) is 33.9 Å². The van der Waals surface area contributed by atoms with Gasteiger partial charge >= 0.3 is 0 Å². The average molecular weight is 279 g/mol. The molecule has 1 N–H and O–H groups in total. The molecule has 2 heterocycles. The van der Waals surface area contributed by atoms with E-state index in [0.29, 0.717) is 21.8 Å². The van der Waals surface area contributed by atoms with Crippen LogP contribution >= 0.6 is 11.6 Å². The van der Waals surface area contributed by atoms with Crippen molar-refractivity contribution in [2.24, 2.45) is 0 Å². The third-order valence-electron chi connectivity index (χ3n) is 2.99. The van der Waals surface area contributed by atoms with E-state index in [2.05, 4.69) is 9.97 Å². The summed E-state index contributed by atoms with van der Waals surface area (Å²) in [6.07, 6.45) is 0.776. The molecule has 96 valence electrons. The minimum absolute atomic E-state index is 0.0332. The van der Waals surface area contributed by atoms with Crippen molar-refractivity contribution in [2.75, 3.05) is 0 Å². The number of aromatic amines is 1. The van der Waals surface area contributed by atoms with Crippen LogP contribution in [0, 0.1) is 0 Å². The van der Waals surface area contributed by atoms with E-state index < -0.39 is 6.43 Å². The Bertz CT molecular complexity index is 737. The third kappa shape index (κ3) is 2.08. The molecule has 0 fully saturated rings. The highest BCUT2D eigenvalue weighted by Crippen LogP contribution is 2.36. The highest BCUT2D eigenvalue weighted by molar-refractivity contribution is 6.31. The molecule has 2 nitrogen and oxygen atoms in total. The van der Waals surface area contributed by atoms with Gasteiger partial charge in [-0.3, -0.25) is 0 Å². The Hall–Kier alpha value is -1.94. The first-order chi connectivity index (χ1) is 9.16. The van der Waals surface area contributed by atoms with Gasteiger partial charge in [-0.25, -0.2) is 13.8 Å². The Balaban J connectivity index is 2.29. The summed E-state index contributed by atoms with van der Waals surface area (Å²) in [7, 11) is 0. The van der Waals surface area contributed by atoms with E-state index in [1.807, 2.05) is 6.07 Å². The monoisotopic (exact) mass is 278 g/mol. The number of aromatic nitrogens is 2. The Labute approximate surface area is 113 Å². The molecule has 5 heteroatoms. The number of rotatable bonds is 2. The maximum atomic E-state index is 13.1. The molecule has 2 aromatic heterocycles. The fraction of sp³-hybridized carbons (Fsp3) is 0.0714. The van der Waals surface area contributed by atoms with Crippen LogP contribution in [0.25, 0.3) is 22.2 Å². The SMILES string of the molecule is FC(F)c1ccc(Cl)cc1-c1c[nH]c2ncccc12. The molecule has 3 aromatic rings. The second kappa shape index (κ2) is 4.63. The van der Waals surface area contributed by atoms with Gasteiger partial charge in [0.05, 0.1) is 0 Å². The van der Waals surface area contributed by atoms with Crippen molar-refractivity contribution in [3.63, 3.8) is 0 Å². The highest BCUT2D eigenvalue weighted by atomic mass is 35.5. The van der Waals surface area contributed by atoms with E-state index >= 15 is 0 Å². The second-order valence-corrected chi connectivity index (χ2v) is 4.57. The molecule has 19 heavy (non-hydrogen) atoms. The van der Waals surface area contributed by atoms with Crippen LogP contribution in [0.3, 0.4) is 0 Å². The molecular weight excluding hydrogens is 270 g/mol. The molecule has 3 rings (SSSR count). The lowest BCUT2D eigenvalue weighted by Crippen LogP contribution is -1.89. The van der Waals surface area contributed by atoms with Crippen molar-refractivity contribution in [2.45, 2.75) is 6.43 Å². The summed E-state index contributed by atoms with van der Waals surface area (Å²) in [4.78, 5) is 7.12. The number of hydrogen-bond acceptors (Lipinski definition) is 1. The minimum atomic E-state index is -2.55. The molecule has 1 aromatic carbocycles. The highest BCUT2D eigenvalue weighted by Gasteiger charge is 2.17. The lowest BCUT2D eigenvalue weighted by atomic mass is 10.00. The van der Waals surface area contributed by atoms with E-state index in [0.717, 1.165) is 5.39 Å². The summed E-state index contributed by atoms with van der Waals surface area (Å²) in [5.41, 5.74) is 1.74.